The normalized spacial score (nSPS) is 10.2. The highest BCUT2D eigenvalue weighted by Crippen LogP contribution is 2.03. The van der Waals surface area contributed by atoms with Crippen LogP contribution in [0.15, 0.2) is 24.3 Å². The van der Waals surface area contributed by atoms with Crippen LogP contribution in [0.3, 0.4) is 0 Å². The molecule has 0 saturated heterocycles. The van der Waals surface area contributed by atoms with Crippen LogP contribution in [0.4, 0.5) is 0 Å². The van der Waals surface area contributed by atoms with E-state index in [1.165, 1.54) is 5.56 Å². The van der Waals surface area contributed by atoms with Crippen LogP contribution in [-0.2, 0) is 16.0 Å². The Bertz CT molecular complexity index is 338. The smallest absolute Gasteiger partial charge is 0.224 e. The van der Waals surface area contributed by atoms with Gasteiger partial charge in [0.05, 0.1) is 19.6 Å². The van der Waals surface area contributed by atoms with Crippen molar-refractivity contribution in [2.24, 2.45) is 0 Å². The zero-order chi connectivity index (χ0) is 12.5. The zero-order valence-corrected chi connectivity index (χ0v) is 11.6. The Kier molecular flexibility index (Phi) is 6.89. The number of ether oxygens (including phenoxy) is 1. The van der Waals surface area contributed by atoms with Gasteiger partial charge in [0.15, 0.2) is 0 Å². The van der Waals surface area contributed by atoms with Gasteiger partial charge in [0.1, 0.15) is 0 Å². The van der Waals surface area contributed by atoms with Gasteiger partial charge in [-0.25, -0.2) is 0 Å². The van der Waals surface area contributed by atoms with Crippen LogP contribution >= 0.6 is 15.9 Å². The number of rotatable bonds is 7. The highest BCUT2D eigenvalue weighted by Gasteiger charge is 2.02. The van der Waals surface area contributed by atoms with E-state index in [4.69, 9.17) is 4.74 Å². The number of carbonyl (C=O) groups excluding carboxylic acids is 1. The molecule has 0 radical (unpaired) electrons. The molecule has 0 aromatic heterocycles. The van der Waals surface area contributed by atoms with Crippen LogP contribution in [-0.4, -0.2) is 31.0 Å². The fraction of sp³-hybridized carbons (Fsp3) is 0.462. The summed E-state index contributed by atoms with van der Waals surface area (Å²) in [5.74, 6) is 0.0382. The van der Waals surface area contributed by atoms with Crippen molar-refractivity contribution in [2.75, 3.05) is 25.1 Å². The molecule has 0 aliphatic heterocycles. The molecule has 0 aliphatic rings. The summed E-state index contributed by atoms with van der Waals surface area (Å²) < 4.78 is 5.24. The summed E-state index contributed by atoms with van der Waals surface area (Å²) in [4.78, 5) is 11.6. The molecule has 0 spiro atoms. The predicted octanol–water partition coefficient (Wildman–Crippen LogP) is 2.07. The molecule has 0 aliphatic carbocycles. The molecule has 1 N–H and O–H groups in total. The lowest BCUT2D eigenvalue weighted by molar-refractivity contribution is -0.120. The second kappa shape index (κ2) is 8.25. The number of hydrogen-bond donors (Lipinski definition) is 1. The highest BCUT2D eigenvalue weighted by atomic mass is 79.9. The Balaban J connectivity index is 2.18. The number of amides is 1. The summed E-state index contributed by atoms with van der Waals surface area (Å²) in [6.45, 7) is 3.84. The standard InChI is InChI=1S/C13H18BrNO2/c1-11-2-4-12(5-3-11)10-13(16)15-7-9-17-8-6-14/h2-5H,6-10H2,1H3,(H,15,16). The number of alkyl halides is 1. The zero-order valence-electron chi connectivity index (χ0n) is 10.0. The molecule has 1 aromatic carbocycles. The van der Waals surface area contributed by atoms with E-state index in [0.29, 0.717) is 26.2 Å². The number of aryl methyl sites for hydroxylation is 1. The van der Waals surface area contributed by atoms with Crippen molar-refractivity contribution in [3.05, 3.63) is 35.4 Å². The topological polar surface area (TPSA) is 38.3 Å². The molecule has 1 aromatic rings. The van der Waals surface area contributed by atoms with Crippen LogP contribution in [0, 0.1) is 6.92 Å². The lowest BCUT2D eigenvalue weighted by Gasteiger charge is -2.06. The van der Waals surface area contributed by atoms with E-state index < -0.39 is 0 Å². The van der Waals surface area contributed by atoms with E-state index in [-0.39, 0.29) is 5.91 Å². The van der Waals surface area contributed by atoms with Crippen LogP contribution in [0.1, 0.15) is 11.1 Å². The second-order valence-electron chi connectivity index (χ2n) is 3.81. The summed E-state index contributed by atoms with van der Waals surface area (Å²) in [7, 11) is 0. The molecule has 1 amide bonds. The maximum absolute atomic E-state index is 11.6. The molecule has 4 heteroatoms. The first-order valence-electron chi connectivity index (χ1n) is 5.68. The minimum Gasteiger partial charge on any atom is -0.379 e. The van der Waals surface area contributed by atoms with Crippen LogP contribution in [0.25, 0.3) is 0 Å². The summed E-state index contributed by atoms with van der Waals surface area (Å²) >= 11 is 3.27. The Labute approximate surface area is 111 Å². The van der Waals surface area contributed by atoms with Crippen LogP contribution in [0.2, 0.25) is 0 Å². The van der Waals surface area contributed by atoms with Gasteiger partial charge in [-0.3, -0.25) is 4.79 Å². The number of hydrogen-bond acceptors (Lipinski definition) is 2. The van der Waals surface area contributed by atoms with Crippen molar-refractivity contribution in [1.82, 2.24) is 5.32 Å². The van der Waals surface area contributed by atoms with E-state index in [2.05, 4.69) is 21.2 Å². The lowest BCUT2D eigenvalue weighted by Crippen LogP contribution is -2.28. The van der Waals surface area contributed by atoms with Gasteiger partial charge in [0.25, 0.3) is 0 Å². The third kappa shape index (κ3) is 6.44. The molecule has 1 rings (SSSR count). The van der Waals surface area contributed by atoms with Gasteiger partial charge in [-0.2, -0.15) is 0 Å². The molecule has 3 nitrogen and oxygen atoms in total. The molecule has 17 heavy (non-hydrogen) atoms. The Morgan fingerprint density at radius 3 is 2.65 bits per heavy atom. The third-order valence-electron chi connectivity index (χ3n) is 2.28. The third-order valence-corrected chi connectivity index (χ3v) is 2.60. The van der Waals surface area contributed by atoms with Gasteiger partial charge < -0.3 is 10.1 Å². The fourth-order valence-corrected chi connectivity index (χ4v) is 1.60. The SMILES string of the molecule is Cc1ccc(CC(=O)NCCOCCBr)cc1. The van der Waals surface area contributed by atoms with Crippen molar-refractivity contribution in [2.45, 2.75) is 13.3 Å². The van der Waals surface area contributed by atoms with E-state index in [1.54, 1.807) is 0 Å². The molecule has 94 valence electrons. The van der Waals surface area contributed by atoms with Crippen molar-refractivity contribution in [3.8, 4) is 0 Å². The number of halogens is 1. The molecule has 0 atom stereocenters. The largest absolute Gasteiger partial charge is 0.379 e. The summed E-state index contributed by atoms with van der Waals surface area (Å²) in [5, 5.41) is 3.65. The first-order valence-corrected chi connectivity index (χ1v) is 6.80. The maximum atomic E-state index is 11.6. The van der Waals surface area contributed by atoms with Crippen molar-refractivity contribution in [1.29, 1.82) is 0 Å². The average molecular weight is 300 g/mol. The first kappa shape index (κ1) is 14.2. The molecule has 0 unspecified atom stereocenters. The summed E-state index contributed by atoms with van der Waals surface area (Å²) in [6, 6.07) is 8.00. The quantitative estimate of drug-likeness (QED) is 0.618. The molecule has 0 bridgehead atoms. The van der Waals surface area contributed by atoms with Gasteiger partial charge in [-0.05, 0) is 12.5 Å². The number of benzene rings is 1. The minimum absolute atomic E-state index is 0.0382. The molecule has 0 heterocycles. The van der Waals surface area contributed by atoms with Crippen molar-refractivity contribution >= 4 is 21.8 Å². The van der Waals surface area contributed by atoms with Gasteiger partial charge in [-0.15, -0.1) is 0 Å². The molecular formula is C13H18BrNO2. The van der Waals surface area contributed by atoms with Gasteiger partial charge in [0.2, 0.25) is 5.91 Å². The average Bonchev–Trinajstić information content (AvgIpc) is 2.32. The Hall–Kier alpha value is -0.870. The summed E-state index contributed by atoms with van der Waals surface area (Å²) in [5.41, 5.74) is 2.24. The number of nitrogens with one attached hydrogen (secondary N) is 1. The maximum Gasteiger partial charge on any atom is 0.224 e. The molecule has 0 fully saturated rings. The number of carbonyl (C=O) groups is 1. The van der Waals surface area contributed by atoms with E-state index in [1.807, 2.05) is 31.2 Å². The van der Waals surface area contributed by atoms with E-state index in [0.717, 1.165) is 10.9 Å². The van der Waals surface area contributed by atoms with Crippen molar-refractivity contribution in [3.63, 3.8) is 0 Å². The van der Waals surface area contributed by atoms with Gasteiger partial charge in [-0.1, -0.05) is 45.8 Å². The molecule has 0 saturated carbocycles. The summed E-state index contributed by atoms with van der Waals surface area (Å²) in [6.07, 6.45) is 0.429. The Morgan fingerprint density at radius 2 is 2.00 bits per heavy atom. The Morgan fingerprint density at radius 1 is 1.29 bits per heavy atom. The predicted molar refractivity (Wildman–Crippen MR) is 72.5 cm³/mol. The van der Waals surface area contributed by atoms with Gasteiger partial charge >= 0.3 is 0 Å². The van der Waals surface area contributed by atoms with Gasteiger partial charge in [0, 0.05) is 11.9 Å². The monoisotopic (exact) mass is 299 g/mol. The van der Waals surface area contributed by atoms with Crippen molar-refractivity contribution < 1.29 is 9.53 Å². The first-order chi connectivity index (χ1) is 8.22. The van der Waals surface area contributed by atoms with Crippen LogP contribution < -0.4 is 5.32 Å². The van der Waals surface area contributed by atoms with E-state index in [9.17, 15) is 4.79 Å². The lowest BCUT2D eigenvalue weighted by atomic mass is 10.1. The highest BCUT2D eigenvalue weighted by molar-refractivity contribution is 9.09. The minimum atomic E-state index is 0.0382. The van der Waals surface area contributed by atoms with Crippen LogP contribution in [0.5, 0.6) is 0 Å². The fourth-order valence-electron chi connectivity index (χ4n) is 1.37. The van der Waals surface area contributed by atoms with E-state index >= 15 is 0 Å². The second-order valence-corrected chi connectivity index (χ2v) is 4.61. The molecular weight excluding hydrogens is 282 g/mol.